The number of nitrogens with zero attached hydrogens (tertiary/aromatic N) is 3. The molecular weight excluding hydrogens is 314 g/mol. The molecule has 0 aliphatic carbocycles. The van der Waals surface area contributed by atoms with Crippen LogP contribution in [0.5, 0.6) is 0 Å². The molecule has 2 rings (SSSR count). The lowest BCUT2D eigenvalue weighted by Crippen LogP contribution is -2.18. The van der Waals surface area contributed by atoms with Gasteiger partial charge < -0.3 is 9.15 Å². The Hall–Kier alpha value is -2.02. The summed E-state index contributed by atoms with van der Waals surface area (Å²) in [6.45, 7) is 8.60. The number of ether oxygens (including phenoxy) is 1. The molecule has 7 heteroatoms. The molecule has 1 atom stereocenters. The third kappa shape index (κ3) is 4.48. The van der Waals surface area contributed by atoms with Crippen molar-refractivity contribution >= 4 is 17.7 Å². The number of thioether (sulfide) groups is 1. The highest BCUT2D eigenvalue weighted by molar-refractivity contribution is 8.00. The normalized spacial score (nSPS) is 12.1. The van der Waals surface area contributed by atoms with Crippen LogP contribution in [0.1, 0.15) is 26.7 Å². The summed E-state index contributed by atoms with van der Waals surface area (Å²) in [7, 11) is 0. The monoisotopic (exact) mass is 335 g/mol. The Morgan fingerprint density at radius 1 is 1.57 bits per heavy atom. The van der Waals surface area contributed by atoms with Crippen LogP contribution in [0.25, 0.3) is 11.6 Å². The standard InChI is InChI=1S/C16H21N3O3S/c1-4-6-10-22-15(20)12(3)23-16-18-17-14(19(16)9-5-2)13-8-7-11-21-13/h5,7-8,11-12H,2,4,6,9-10H2,1,3H3. The van der Waals surface area contributed by atoms with Crippen molar-refractivity contribution in [3.8, 4) is 11.6 Å². The molecule has 0 amide bonds. The molecule has 0 aliphatic rings. The zero-order chi connectivity index (χ0) is 16.7. The van der Waals surface area contributed by atoms with Crippen LogP contribution in [0.4, 0.5) is 0 Å². The summed E-state index contributed by atoms with van der Waals surface area (Å²) < 4.78 is 12.5. The third-order valence-electron chi connectivity index (χ3n) is 3.13. The van der Waals surface area contributed by atoms with E-state index in [9.17, 15) is 4.79 Å². The van der Waals surface area contributed by atoms with Gasteiger partial charge in [0.2, 0.25) is 5.82 Å². The average Bonchev–Trinajstić information content (AvgIpc) is 3.18. The van der Waals surface area contributed by atoms with Crippen molar-refractivity contribution in [2.75, 3.05) is 6.61 Å². The van der Waals surface area contributed by atoms with Crippen molar-refractivity contribution in [1.82, 2.24) is 14.8 Å². The lowest BCUT2D eigenvalue weighted by molar-refractivity contribution is -0.142. The molecule has 0 aliphatic heterocycles. The fraction of sp³-hybridized carbons (Fsp3) is 0.438. The molecule has 2 heterocycles. The first-order chi connectivity index (χ1) is 11.2. The summed E-state index contributed by atoms with van der Waals surface area (Å²) in [5.41, 5.74) is 0. The zero-order valence-corrected chi connectivity index (χ0v) is 14.2. The average molecular weight is 335 g/mol. The molecule has 0 bridgehead atoms. The Morgan fingerprint density at radius 3 is 3.04 bits per heavy atom. The number of hydrogen-bond donors (Lipinski definition) is 0. The van der Waals surface area contributed by atoms with Crippen LogP contribution in [-0.4, -0.2) is 32.6 Å². The van der Waals surface area contributed by atoms with E-state index in [-0.39, 0.29) is 11.2 Å². The molecule has 0 aromatic carbocycles. The molecule has 0 saturated heterocycles. The topological polar surface area (TPSA) is 70.2 Å². The molecule has 0 N–H and O–H groups in total. The number of aromatic nitrogens is 3. The first kappa shape index (κ1) is 17.3. The second kappa shape index (κ2) is 8.57. The van der Waals surface area contributed by atoms with Gasteiger partial charge in [-0.1, -0.05) is 31.2 Å². The van der Waals surface area contributed by atoms with Crippen LogP contribution in [-0.2, 0) is 16.1 Å². The van der Waals surface area contributed by atoms with Gasteiger partial charge in [-0.3, -0.25) is 9.36 Å². The number of carbonyl (C=O) groups excluding carboxylic acids is 1. The van der Waals surface area contributed by atoms with Crippen molar-refractivity contribution in [2.45, 2.75) is 43.6 Å². The smallest absolute Gasteiger partial charge is 0.319 e. The van der Waals surface area contributed by atoms with E-state index in [1.54, 1.807) is 25.3 Å². The van der Waals surface area contributed by atoms with Gasteiger partial charge in [0.1, 0.15) is 5.25 Å². The van der Waals surface area contributed by atoms with Crippen LogP contribution in [0.3, 0.4) is 0 Å². The fourth-order valence-corrected chi connectivity index (χ4v) is 2.76. The Balaban J connectivity index is 2.10. The van der Waals surface area contributed by atoms with Crippen molar-refractivity contribution in [2.24, 2.45) is 0 Å². The molecule has 0 fully saturated rings. The number of unbranched alkanes of at least 4 members (excludes halogenated alkanes) is 1. The summed E-state index contributed by atoms with van der Waals surface area (Å²) in [6, 6.07) is 3.61. The van der Waals surface area contributed by atoms with E-state index in [0.717, 1.165) is 12.8 Å². The molecule has 0 saturated carbocycles. The van der Waals surface area contributed by atoms with E-state index in [1.807, 2.05) is 10.6 Å². The largest absolute Gasteiger partial charge is 0.465 e. The molecule has 2 aromatic rings. The third-order valence-corrected chi connectivity index (χ3v) is 4.19. The van der Waals surface area contributed by atoms with Crippen LogP contribution >= 0.6 is 11.8 Å². The molecule has 124 valence electrons. The summed E-state index contributed by atoms with van der Waals surface area (Å²) >= 11 is 1.32. The van der Waals surface area contributed by atoms with E-state index in [1.165, 1.54) is 11.8 Å². The van der Waals surface area contributed by atoms with Crippen molar-refractivity contribution in [1.29, 1.82) is 0 Å². The van der Waals surface area contributed by atoms with Gasteiger partial charge in [0.25, 0.3) is 0 Å². The van der Waals surface area contributed by atoms with Gasteiger partial charge >= 0.3 is 5.97 Å². The van der Waals surface area contributed by atoms with Gasteiger partial charge in [0.05, 0.1) is 12.9 Å². The second-order valence-corrected chi connectivity index (χ2v) is 6.27. The SMILES string of the molecule is C=CCn1c(SC(C)C(=O)OCCCC)nnc1-c1ccco1. The number of rotatable bonds is 9. The second-order valence-electron chi connectivity index (χ2n) is 4.96. The van der Waals surface area contributed by atoms with E-state index in [4.69, 9.17) is 9.15 Å². The van der Waals surface area contributed by atoms with Crippen LogP contribution in [0.2, 0.25) is 0 Å². The maximum Gasteiger partial charge on any atom is 0.319 e. The van der Waals surface area contributed by atoms with Crippen LogP contribution in [0.15, 0.2) is 40.6 Å². The lowest BCUT2D eigenvalue weighted by Gasteiger charge is -2.11. The Kier molecular flexibility index (Phi) is 6.46. The number of allylic oxidation sites excluding steroid dienone is 1. The highest BCUT2D eigenvalue weighted by atomic mass is 32.2. The number of esters is 1. The minimum absolute atomic E-state index is 0.240. The molecular formula is C16H21N3O3S. The molecule has 0 radical (unpaired) electrons. The van der Waals surface area contributed by atoms with Crippen LogP contribution < -0.4 is 0 Å². The molecule has 0 spiro atoms. The summed E-state index contributed by atoms with van der Waals surface area (Å²) in [6.07, 6.45) is 5.21. The van der Waals surface area contributed by atoms with E-state index in [2.05, 4.69) is 23.7 Å². The fourth-order valence-electron chi connectivity index (χ4n) is 1.90. The van der Waals surface area contributed by atoms with Gasteiger partial charge in [-0.15, -0.1) is 16.8 Å². The first-order valence-corrected chi connectivity index (χ1v) is 8.46. The van der Waals surface area contributed by atoms with Gasteiger partial charge in [-0.25, -0.2) is 0 Å². The van der Waals surface area contributed by atoms with Crippen molar-refractivity contribution in [3.05, 3.63) is 31.1 Å². The van der Waals surface area contributed by atoms with Gasteiger partial charge in [-0.05, 0) is 25.5 Å². The first-order valence-electron chi connectivity index (χ1n) is 7.58. The van der Waals surface area contributed by atoms with E-state index < -0.39 is 0 Å². The lowest BCUT2D eigenvalue weighted by atomic mass is 10.4. The summed E-state index contributed by atoms with van der Waals surface area (Å²) in [4.78, 5) is 12.0. The summed E-state index contributed by atoms with van der Waals surface area (Å²) in [5, 5.41) is 8.61. The Bertz CT molecular complexity index is 637. The molecule has 23 heavy (non-hydrogen) atoms. The summed E-state index contributed by atoms with van der Waals surface area (Å²) in [5.74, 6) is 1.00. The van der Waals surface area contributed by atoms with E-state index in [0.29, 0.717) is 29.9 Å². The number of hydrogen-bond acceptors (Lipinski definition) is 6. The predicted molar refractivity (Wildman–Crippen MR) is 89.1 cm³/mol. The Morgan fingerprint density at radius 2 is 2.39 bits per heavy atom. The highest BCUT2D eigenvalue weighted by Gasteiger charge is 2.22. The molecule has 6 nitrogen and oxygen atoms in total. The molecule has 1 unspecified atom stereocenters. The van der Waals surface area contributed by atoms with Crippen molar-refractivity contribution < 1.29 is 13.9 Å². The van der Waals surface area contributed by atoms with Crippen molar-refractivity contribution in [3.63, 3.8) is 0 Å². The maximum absolute atomic E-state index is 12.0. The zero-order valence-electron chi connectivity index (χ0n) is 13.4. The van der Waals surface area contributed by atoms with E-state index >= 15 is 0 Å². The quantitative estimate of drug-likeness (QED) is 0.302. The minimum Gasteiger partial charge on any atom is -0.465 e. The van der Waals surface area contributed by atoms with Crippen LogP contribution in [0, 0.1) is 0 Å². The number of carbonyl (C=O) groups is 1. The maximum atomic E-state index is 12.0. The number of furan rings is 1. The predicted octanol–water partition coefficient (Wildman–Crippen LogP) is 3.55. The minimum atomic E-state index is -0.357. The van der Waals surface area contributed by atoms with Gasteiger partial charge in [-0.2, -0.15) is 0 Å². The van der Waals surface area contributed by atoms with Gasteiger partial charge in [0, 0.05) is 6.54 Å². The molecule has 2 aromatic heterocycles. The van der Waals surface area contributed by atoms with Gasteiger partial charge in [0.15, 0.2) is 10.9 Å². The highest BCUT2D eigenvalue weighted by Crippen LogP contribution is 2.27. The Labute approximate surface area is 139 Å².